The molecule has 0 fully saturated rings. The van der Waals surface area contributed by atoms with Crippen LogP contribution in [0, 0.1) is 0 Å². The van der Waals surface area contributed by atoms with Crippen molar-refractivity contribution in [2.45, 2.75) is 0 Å². The summed E-state index contributed by atoms with van der Waals surface area (Å²) in [5.41, 5.74) is 11.5. The molecule has 0 saturated heterocycles. The van der Waals surface area contributed by atoms with Gasteiger partial charge in [-0.1, -0.05) is 212 Å². The number of hydrogen-bond acceptors (Lipinski definition) is 1. The van der Waals surface area contributed by atoms with Crippen molar-refractivity contribution in [1.29, 1.82) is 0 Å². The van der Waals surface area contributed by atoms with Gasteiger partial charge < -0.3 is 9.47 Å². The van der Waals surface area contributed by atoms with Crippen molar-refractivity contribution in [3.8, 4) is 27.9 Å². The molecular formula is C60H44N2Si. The predicted octanol–water partition coefficient (Wildman–Crippen LogP) is 13.0. The molecule has 1 aromatic heterocycles. The Balaban J connectivity index is 1.13. The van der Waals surface area contributed by atoms with Crippen LogP contribution in [0.4, 0.5) is 17.1 Å². The van der Waals surface area contributed by atoms with Crippen molar-refractivity contribution < 1.29 is 0 Å². The minimum Gasteiger partial charge on any atom is -0.310 e. The molecule has 0 atom stereocenters. The van der Waals surface area contributed by atoms with Crippen molar-refractivity contribution >= 4 is 67.7 Å². The zero-order valence-corrected chi connectivity index (χ0v) is 35.8. The standard InChI is InChI=1S/C60H44N2Si/c1-6-20-45(21-7-1)46-34-36-48(37-35-46)61(49-38-41-54(42-39-49)63(51-24-10-3-11-25-51,52-26-12-4-13-27-52)53-28-14-5-15-29-53)60-43-40-50(44-57(60)47-22-8-2-9-23-47)62-58-32-18-16-30-55(58)56-31-17-19-33-59(56)62/h1-44H. The number of benzene rings is 10. The van der Waals surface area contributed by atoms with Gasteiger partial charge in [-0.15, -0.1) is 0 Å². The predicted molar refractivity (Wildman–Crippen MR) is 270 cm³/mol. The molecule has 0 amide bonds. The first-order valence-corrected chi connectivity index (χ1v) is 23.7. The molecule has 0 N–H and O–H groups in total. The van der Waals surface area contributed by atoms with Gasteiger partial charge in [0.1, 0.15) is 0 Å². The molecular weight excluding hydrogens is 777 g/mol. The molecule has 11 rings (SSSR count). The first kappa shape index (κ1) is 38.0. The lowest BCUT2D eigenvalue weighted by Gasteiger charge is -2.35. The smallest absolute Gasteiger partial charge is 0.179 e. The molecule has 0 unspecified atom stereocenters. The van der Waals surface area contributed by atoms with Crippen LogP contribution < -0.4 is 25.6 Å². The molecule has 11 aromatic rings. The Hall–Kier alpha value is -7.98. The molecule has 0 bridgehead atoms. The summed E-state index contributed by atoms with van der Waals surface area (Å²) in [6.45, 7) is 0. The van der Waals surface area contributed by atoms with Crippen LogP contribution in [0.2, 0.25) is 0 Å². The van der Waals surface area contributed by atoms with E-state index < -0.39 is 8.07 Å². The van der Waals surface area contributed by atoms with E-state index in [-0.39, 0.29) is 0 Å². The molecule has 0 aliphatic carbocycles. The third kappa shape index (κ3) is 6.76. The number of para-hydroxylation sites is 2. The fraction of sp³-hybridized carbons (Fsp3) is 0. The van der Waals surface area contributed by atoms with Crippen LogP contribution in [-0.4, -0.2) is 12.6 Å². The van der Waals surface area contributed by atoms with Crippen molar-refractivity contribution in [1.82, 2.24) is 4.57 Å². The Labute approximate surface area is 370 Å². The van der Waals surface area contributed by atoms with Crippen molar-refractivity contribution in [3.05, 3.63) is 267 Å². The van der Waals surface area contributed by atoms with Crippen LogP contribution in [-0.2, 0) is 0 Å². The van der Waals surface area contributed by atoms with Gasteiger partial charge in [0.05, 0.1) is 16.7 Å². The minimum atomic E-state index is -2.73. The fourth-order valence-electron chi connectivity index (χ4n) is 9.69. The third-order valence-corrected chi connectivity index (χ3v) is 17.4. The molecule has 0 radical (unpaired) electrons. The average Bonchev–Trinajstić information content (AvgIpc) is 3.71. The second-order valence-electron chi connectivity index (χ2n) is 16.1. The molecule has 0 saturated carbocycles. The lowest BCUT2D eigenvalue weighted by molar-refractivity contribution is 1.17. The zero-order chi connectivity index (χ0) is 42.0. The van der Waals surface area contributed by atoms with Gasteiger partial charge in [-0.05, 0) is 92.0 Å². The summed E-state index contributed by atoms with van der Waals surface area (Å²) in [6.07, 6.45) is 0. The Morgan fingerprint density at radius 3 is 1.17 bits per heavy atom. The quantitative estimate of drug-likeness (QED) is 0.0985. The van der Waals surface area contributed by atoms with Crippen molar-refractivity contribution in [2.24, 2.45) is 0 Å². The zero-order valence-electron chi connectivity index (χ0n) is 34.8. The highest BCUT2D eigenvalue weighted by Crippen LogP contribution is 2.43. The number of hydrogen-bond donors (Lipinski definition) is 0. The van der Waals surface area contributed by atoms with Gasteiger partial charge in [-0.2, -0.15) is 0 Å². The van der Waals surface area contributed by atoms with E-state index in [0.29, 0.717) is 0 Å². The van der Waals surface area contributed by atoms with Crippen LogP contribution >= 0.6 is 0 Å². The first-order valence-electron chi connectivity index (χ1n) is 21.7. The number of anilines is 3. The molecule has 63 heavy (non-hydrogen) atoms. The molecule has 1 heterocycles. The van der Waals surface area contributed by atoms with Gasteiger partial charge in [-0.25, -0.2) is 0 Å². The minimum absolute atomic E-state index is 1.09. The molecule has 0 aliphatic rings. The Morgan fingerprint density at radius 2 is 0.683 bits per heavy atom. The van der Waals surface area contributed by atoms with E-state index in [1.54, 1.807) is 0 Å². The second-order valence-corrected chi connectivity index (χ2v) is 19.9. The first-order chi connectivity index (χ1) is 31.3. The molecule has 10 aromatic carbocycles. The summed E-state index contributed by atoms with van der Waals surface area (Å²) >= 11 is 0. The summed E-state index contributed by atoms with van der Waals surface area (Å²) in [7, 11) is -2.73. The second kappa shape index (κ2) is 16.5. The lowest BCUT2D eigenvalue weighted by atomic mass is 10.00. The van der Waals surface area contributed by atoms with Gasteiger partial charge in [0, 0.05) is 33.4 Å². The van der Waals surface area contributed by atoms with Crippen LogP contribution in [0.15, 0.2) is 267 Å². The summed E-state index contributed by atoms with van der Waals surface area (Å²) in [4.78, 5) is 2.44. The van der Waals surface area contributed by atoms with E-state index in [0.717, 1.165) is 33.9 Å². The van der Waals surface area contributed by atoms with E-state index in [9.17, 15) is 0 Å². The van der Waals surface area contributed by atoms with Gasteiger partial charge in [-0.3, -0.25) is 0 Å². The number of nitrogens with zero attached hydrogens (tertiary/aromatic N) is 2. The fourth-order valence-corrected chi connectivity index (χ4v) is 14.4. The van der Waals surface area contributed by atoms with E-state index in [1.807, 2.05) is 0 Å². The molecule has 2 nitrogen and oxygen atoms in total. The lowest BCUT2D eigenvalue weighted by Crippen LogP contribution is -2.74. The third-order valence-electron chi connectivity index (χ3n) is 12.6. The number of rotatable bonds is 10. The Kier molecular flexibility index (Phi) is 9.93. The normalized spacial score (nSPS) is 11.5. The van der Waals surface area contributed by atoms with Gasteiger partial charge in [0.15, 0.2) is 8.07 Å². The van der Waals surface area contributed by atoms with Crippen LogP contribution in [0.5, 0.6) is 0 Å². The summed E-state index contributed by atoms with van der Waals surface area (Å²) < 4.78 is 2.41. The largest absolute Gasteiger partial charge is 0.310 e. The van der Waals surface area contributed by atoms with E-state index in [4.69, 9.17) is 0 Å². The van der Waals surface area contributed by atoms with E-state index in [1.165, 1.54) is 53.7 Å². The maximum Gasteiger partial charge on any atom is 0.179 e. The SMILES string of the molecule is c1ccc(-c2ccc(N(c3ccc([Si](c4ccccc4)(c4ccccc4)c4ccccc4)cc3)c3ccc(-n4c5ccccc5c5ccccc54)cc3-c3ccccc3)cc2)cc1. The summed E-state index contributed by atoms with van der Waals surface area (Å²) in [5.74, 6) is 0. The molecule has 298 valence electrons. The van der Waals surface area contributed by atoms with Crippen molar-refractivity contribution in [3.63, 3.8) is 0 Å². The highest BCUT2D eigenvalue weighted by molar-refractivity contribution is 7.19. The van der Waals surface area contributed by atoms with Crippen molar-refractivity contribution in [2.75, 3.05) is 4.90 Å². The van der Waals surface area contributed by atoms with Gasteiger partial charge >= 0.3 is 0 Å². The van der Waals surface area contributed by atoms with Gasteiger partial charge in [0.25, 0.3) is 0 Å². The number of aromatic nitrogens is 1. The van der Waals surface area contributed by atoms with Crippen LogP contribution in [0.3, 0.4) is 0 Å². The maximum absolute atomic E-state index is 2.73. The topological polar surface area (TPSA) is 8.17 Å². The summed E-state index contributed by atoms with van der Waals surface area (Å²) in [5, 5.41) is 7.90. The average molecular weight is 821 g/mol. The highest BCUT2D eigenvalue weighted by atomic mass is 28.3. The summed E-state index contributed by atoms with van der Waals surface area (Å²) in [6, 6.07) is 97.9. The Bertz CT molecular complexity index is 3140. The highest BCUT2D eigenvalue weighted by Gasteiger charge is 2.41. The molecule has 3 heteroatoms. The van der Waals surface area contributed by atoms with Gasteiger partial charge in [0.2, 0.25) is 0 Å². The maximum atomic E-state index is 2.44. The van der Waals surface area contributed by atoms with Crippen LogP contribution in [0.1, 0.15) is 0 Å². The van der Waals surface area contributed by atoms with Crippen LogP contribution in [0.25, 0.3) is 49.7 Å². The molecule has 0 spiro atoms. The van der Waals surface area contributed by atoms with E-state index >= 15 is 0 Å². The monoisotopic (exact) mass is 820 g/mol. The number of fused-ring (bicyclic) bond motifs is 3. The molecule has 0 aliphatic heterocycles. The van der Waals surface area contributed by atoms with E-state index in [2.05, 4.69) is 276 Å². The Morgan fingerprint density at radius 1 is 0.302 bits per heavy atom.